The van der Waals surface area contributed by atoms with Crippen molar-refractivity contribution in [1.29, 1.82) is 0 Å². The molecule has 0 bridgehead atoms. The number of nitrogens with two attached hydrogens (primary N) is 2. The first-order chi connectivity index (χ1) is 8.41. The first kappa shape index (κ1) is 14.5. The maximum Gasteiger partial charge on any atom is 0.252 e. The summed E-state index contributed by atoms with van der Waals surface area (Å²) in [5.41, 5.74) is 12.6. The summed E-state index contributed by atoms with van der Waals surface area (Å²) in [4.78, 5) is 11.4. The lowest BCUT2D eigenvalue weighted by Gasteiger charge is -2.17. The van der Waals surface area contributed by atoms with Crippen LogP contribution in [0.4, 0.5) is 0 Å². The zero-order valence-corrected chi connectivity index (χ0v) is 11.3. The molecule has 1 rings (SSSR count). The third kappa shape index (κ3) is 4.04. The van der Waals surface area contributed by atoms with E-state index in [2.05, 4.69) is 13.8 Å². The smallest absolute Gasteiger partial charge is 0.252 e. The van der Waals surface area contributed by atoms with Crippen LogP contribution < -0.4 is 16.2 Å². The van der Waals surface area contributed by atoms with Crippen LogP contribution >= 0.6 is 0 Å². The summed E-state index contributed by atoms with van der Waals surface area (Å²) in [7, 11) is 0. The van der Waals surface area contributed by atoms with E-state index >= 15 is 0 Å². The Hall–Kier alpha value is -1.55. The molecule has 1 aromatic rings. The van der Waals surface area contributed by atoms with Crippen LogP contribution in [-0.4, -0.2) is 18.6 Å². The molecule has 100 valence electrons. The molecule has 1 atom stereocenters. The monoisotopic (exact) mass is 250 g/mol. The molecule has 0 aromatic heterocycles. The van der Waals surface area contributed by atoms with Crippen molar-refractivity contribution in [2.24, 2.45) is 17.4 Å². The SMILES string of the molecule is Cc1cccc(OC[C@H](N)CC(C)C)c1C(N)=O. The van der Waals surface area contributed by atoms with E-state index in [0.29, 0.717) is 23.8 Å². The van der Waals surface area contributed by atoms with Crippen molar-refractivity contribution in [2.75, 3.05) is 6.61 Å². The predicted molar refractivity (Wildman–Crippen MR) is 72.6 cm³/mol. The van der Waals surface area contributed by atoms with Gasteiger partial charge >= 0.3 is 0 Å². The number of hydrogen-bond donors (Lipinski definition) is 2. The van der Waals surface area contributed by atoms with E-state index in [1.807, 2.05) is 19.1 Å². The van der Waals surface area contributed by atoms with Crippen molar-refractivity contribution < 1.29 is 9.53 Å². The van der Waals surface area contributed by atoms with E-state index in [-0.39, 0.29) is 6.04 Å². The highest BCUT2D eigenvalue weighted by Crippen LogP contribution is 2.21. The molecule has 18 heavy (non-hydrogen) atoms. The van der Waals surface area contributed by atoms with Crippen LogP contribution in [0.1, 0.15) is 36.2 Å². The van der Waals surface area contributed by atoms with Gasteiger partial charge in [-0.1, -0.05) is 26.0 Å². The minimum atomic E-state index is -0.472. The second-order valence-electron chi connectivity index (χ2n) is 5.01. The second kappa shape index (κ2) is 6.40. The summed E-state index contributed by atoms with van der Waals surface area (Å²) >= 11 is 0. The van der Waals surface area contributed by atoms with Gasteiger partial charge in [-0.25, -0.2) is 0 Å². The van der Waals surface area contributed by atoms with E-state index in [9.17, 15) is 4.79 Å². The molecule has 0 radical (unpaired) electrons. The number of primary amides is 1. The van der Waals surface area contributed by atoms with Gasteiger partial charge in [-0.15, -0.1) is 0 Å². The Morgan fingerprint density at radius 2 is 2.06 bits per heavy atom. The standard InChI is InChI=1S/C14H22N2O2/c1-9(2)7-11(15)8-18-12-6-4-5-10(3)13(12)14(16)17/h4-6,9,11H,7-8,15H2,1-3H3,(H2,16,17)/t11-/m1/s1. The first-order valence-electron chi connectivity index (χ1n) is 6.19. The Kier molecular flexibility index (Phi) is 5.16. The number of carbonyl (C=O) groups excluding carboxylic acids is 1. The molecule has 0 fully saturated rings. The van der Waals surface area contributed by atoms with Crippen molar-refractivity contribution in [3.63, 3.8) is 0 Å². The highest BCUT2D eigenvalue weighted by Gasteiger charge is 2.13. The Balaban J connectivity index is 2.73. The van der Waals surface area contributed by atoms with Crippen LogP contribution in [0.25, 0.3) is 0 Å². The first-order valence-corrected chi connectivity index (χ1v) is 6.19. The number of amides is 1. The average Bonchev–Trinajstić information content (AvgIpc) is 2.24. The van der Waals surface area contributed by atoms with Gasteiger partial charge in [-0.05, 0) is 30.9 Å². The molecule has 0 saturated carbocycles. The summed E-state index contributed by atoms with van der Waals surface area (Å²) in [5, 5.41) is 0. The van der Waals surface area contributed by atoms with Crippen LogP contribution in [0.3, 0.4) is 0 Å². The van der Waals surface area contributed by atoms with Gasteiger partial charge in [-0.3, -0.25) is 4.79 Å². The normalized spacial score (nSPS) is 12.5. The largest absolute Gasteiger partial charge is 0.491 e. The molecular formula is C14H22N2O2. The Morgan fingerprint density at radius 3 is 2.61 bits per heavy atom. The third-order valence-corrected chi connectivity index (χ3v) is 2.71. The number of carbonyl (C=O) groups is 1. The topological polar surface area (TPSA) is 78.3 Å². The molecule has 4 nitrogen and oxygen atoms in total. The molecule has 0 aliphatic heterocycles. The fourth-order valence-corrected chi connectivity index (χ4v) is 1.95. The molecule has 4 N–H and O–H groups in total. The zero-order chi connectivity index (χ0) is 13.7. The minimum absolute atomic E-state index is 0.0359. The average molecular weight is 250 g/mol. The van der Waals surface area contributed by atoms with Gasteiger partial charge in [0.25, 0.3) is 5.91 Å². The van der Waals surface area contributed by atoms with Crippen LogP contribution in [0.5, 0.6) is 5.75 Å². The molecule has 1 amide bonds. The van der Waals surface area contributed by atoms with Gasteiger partial charge in [0.1, 0.15) is 12.4 Å². The van der Waals surface area contributed by atoms with E-state index in [0.717, 1.165) is 12.0 Å². The van der Waals surface area contributed by atoms with Crippen LogP contribution in [0, 0.1) is 12.8 Å². The fourth-order valence-electron chi connectivity index (χ4n) is 1.95. The summed E-state index contributed by atoms with van der Waals surface area (Å²) in [5.74, 6) is 0.568. The Bertz CT molecular complexity index is 416. The van der Waals surface area contributed by atoms with Gasteiger partial charge < -0.3 is 16.2 Å². The Labute approximate surface area is 108 Å². The number of benzene rings is 1. The number of rotatable bonds is 6. The van der Waals surface area contributed by atoms with Crippen molar-refractivity contribution in [3.05, 3.63) is 29.3 Å². The molecule has 0 spiro atoms. The van der Waals surface area contributed by atoms with Gasteiger partial charge in [-0.2, -0.15) is 0 Å². The maximum atomic E-state index is 11.4. The van der Waals surface area contributed by atoms with E-state index in [4.69, 9.17) is 16.2 Å². The van der Waals surface area contributed by atoms with Crippen molar-refractivity contribution in [1.82, 2.24) is 0 Å². The molecule has 0 aliphatic carbocycles. The van der Waals surface area contributed by atoms with Gasteiger partial charge in [0.2, 0.25) is 0 Å². The lowest BCUT2D eigenvalue weighted by molar-refractivity contribution is 0.0995. The number of aryl methyl sites for hydroxylation is 1. The summed E-state index contributed by atoms with van der Waals surface area (Å²) in [6.07, 6.45) is 0.887. The van der Waals surface area contributed by atoms with Gasteiger partial charge in [0.15, 0.2) is 0 Å². The fraction of sp³-hybridized carbons (Fsp3) is 0.500. The van der Waals surface area contributed by atoms with Gasteiger partial charge in [0.05, 0.1) is 5.56 Å². The lowest BCUT2D eigenvalue weighted by Crippen LogP contribution is -2.30. The van der Waals surface area contributed by atoms with E-state index < -0.39 is 5.91 Å². The molecular weight excluding hydrogens is 228 g/mol. The molecule has 0 aliphatic rings. The minimum Gasteiger partial charge on any atom is -0.491 e. The Morgan fingerprint density at radius 1 is 1.39 bits per heavy atom. The number of ether oxygens (including phenoxy) is 1. The predicted octanol–water partition coefficient (Wildman–Crippen LogP) is 1.85. The maximum absolute atomic E-state index is 11.4. The summed E-state index contributed by atoms with van der Waals surface area (Å²) in [6, 6.07) is 5.38. The van der Waals surface area contributed by atoms with Crippen molar-refractivity contribution in [2.45, 2.75) is 33.2 Å². The molecule has 0 heterocycles. The highest BCUT2D eigenvalue weighted by atomic mass is 16.5. The molecule has 1 aromatic carbocycles. The molecule has 0 unspecified atom stereocenters. The summed E-state index contributed by atoms with van der Waals surface area (Å²) in [6.45, 7) is 6.45. The summed E-state index contributed by atoms with van der Waals surface area (Å²) < 4.78 is 5.62. The third-order valence-electron chi connectivity index (χ3n) is 2.71. The van der Waals surface area contributed by atoms with Crippen LogP contribution in [-0.2, 0) is 0 Å². The van der Waals surface area contributed by atoms with Crippen molar-refractivity contribution in [3.8, 4) is 5.75 Å². The lowest BCUT2D eigenvalue weighted by atomic mass is 10.1. The highest BCUT2D eigenvalue weighted by molar-refractivity contribution is 5.97. The quantitative estimate of drug-likeness (QED) is 0.808. The van der Waals surface area contributed by atoms with E-state index in [1.54, 1.807) is 6.07 Å². The van der Waals surface area contributed by atoms with E-state index in [1.165, 1.54) is 0 Å². The van der Waals surface area contributed by atoms with Gasteiger partial charge in [0, 0.05) is 6.04 Å². The molecule has 4 heteroatoms. The van der Waals surface area contributed by atoms with Crippen LogP contribution in [0.2, 0.25) is 0 Å². The molecule has 0 saturated heterocycles. The van der Waals surface area contributed by atoms with Crippen molar-refractivity contribution >= 4 is 5.91 Å². The van der Waals surface area contributed by atoms with Crippen LogP contribution in [0.15, 0.2) is 18.2 Å². The second-order valence-corrected chi connectivity index (χ2v) is 5.01. The number of hydrogen-bond acceptors (Lipinski definition) is 3. The zero-order valence-electron chi connectivity index (χ0n) is 11.3.